The zero-order valence-electron chi connectivity index (χ0n) is 13.2. The lowest BCUT2D eigenvalue weighted by atomic mass is 10.1. The number of amides is 1. The van der Waals surface area contributed by atoms with Gasteiger partial charge in [-0.25, -0.2) is 0 Å². The van der Waals surface area contributed by atoms with Gasteiger partial charge >= 0.3 is 0 Å². The predicted molar refractivity (Wildman–Crippen MR) is 91.9 cm³/mol. The van der Waals surface area contributed by atoms with Crippen LogP contribution < -0.4 is 5.73 Å². The second kappa shape index (κ2) is 8.69. The molecule has 2 N–H and O–H groups in total. The Labute approximate surface area is 145 Å². The summed E-state index contributed by atoms with van der Waals surface area (Å²) in [6.45, 7) is 5.98. The lowest BCUT2D eigenvalue weighted by molar-refractivity contribution is -0.136. The molecule has 1 amide bonds. The minimum absolute atomic E-state index is 0. The van der Waals surface area contributed by atoms with Crippen molar-refractivity contribution in [3.05, 3.63) is 0 Å². The van der Waals surface area contributed by atoms with Crippen molar-refractivity contribution in [1.82, 2.24) is 9.80 Å². The third kappa shape index (κ3) is 4.96. The number of hydrogen-bond acceptors (Lipinski definition) is 4. The van der Waals surface area contributed by atoms with Crippen LogP contribution >= 0.6 is 24.8 Å². The molecule has 2 saturated heterocycles. The van der Waals surface area contributed by atoms with Crippen molar-refractivity contribution in [2.75, 3.05) is 39.3 Å². The van der Waals surface area contributed by atoms with Crippen LogP contribution in [-0.2, 0) is 9.53 Å². The van der Waals surface area contributed by atoms with E-state index in [0.717, 1.165) is 51.9 Å². The van der Waals surface area contributed by atoms with Crippen LogP contribution in [0.25, 0.3) is 0 Å². The summed E-state index contributed by atoms with van der Waals surface area (Å²) >= 11 is 0. The second-order valence-corrected chi connectivity index (χ2v) is 6.57. The second-order valence-electron chi connectivity index (χ2n) is 6.57. The summed E-state index contributed by atoms with van der Waals surface area (Å²) in [5.74, 6) is 0.160. The summed E-state index contributed by atoms with van der Waals surface area (Å²) in [5.41, 5.74) is 5.47. The van der Waals surface area contributed by atoms with Crippen LogP contribution in [-0.4, -0.2) is 66.7 Å². The first-order valence-corrected chi connectivity index (χ1v) is 8.10. The Morgan fingerprint density at radius 1 is 1.09 bits per heavy atom. The Kier molecular flexibility index (Phi) is 7.89. The smallest absolute Gasteiger partial charge is 0.242 e. The van der Waals surface area contributed by atoms with Crippen molar-refractivity contribution in [2.45, 2.75) is 50.2 Å². The van der Waals surface area contributed by atoms with E-state index < -0.39 is 5.54 Å². The molecule has 7 heteroatoms. The summed E-state index contributed by atoms with van der Waals surface area (Å²) < 4.78 is 5.96. The minimum Gasteiger partial charge on any atom is -0.377 e. The van der Waals surface area contributed by atoms with E-state index in [9.17, 15) is 4.79 Å². The quantitative estimate of drug-likeness (QED) is 0.811. The highest BCUT2D eigenvalue weighted by Crippen LogP contribution is 2.34. The zero-order chi connectivity index (χ0) is 14.0. The molecule has 2 heterocycles. The van der Waals surface area contributed by atoms with Crippen LogP contribution in [0, 0.1) is 0 Å². The number of piperidine rings is 1. The number of ether oxygens (including phenoxy) is 1. The lowest BCUT2D eigenvalue weighted by Crippen LogP contribution is -2.49. The average Bonchev–Trinajstić information content (AvgIpc) is 3.01. The predicted octanol–water partition coefficient (Wildman–Crippen LogP) is 1.42. The number of nitrogens with two attached hydrogens (primary N) is 1. The van der Waals surface area contributed by atoms with Crippen molar-refractivity contribution < 1.29 is 9.53 Å². The molecule has 3 rings (SSSR count). The maximum Gasteiger partial charge on any atom is 0.242 e. The molecule has 0 radical (unpaired) electrons. The number of halogens is 2. The van der Waals surface area contributed by atoms with E-state index in [2.05, 4.69) is 4.90 Å². The third-order valence-corrected chi connectivity index (χ3v) is 4.90. The highest BCUT2D eigenvalue weighted by atomic mass is 35.5. The van der Waals surface area contributed by atoms with Gasteiger partial charge in [-0.2, -0.15) is 0 Å². The largest absolute Gasteiger partial charge is 0.377 e. The molecule has 0 aromatic carbocycles. The zero-order valence-corrected chi connectivity index (χ0v) is 14.8. The van der Waals surface area contributed by atoms with Gasteiger partial charge in [0, 0.05) is 19.6 Å². The molecular formula is C15H29Cl2N3O2. The van der Waals surface area contributed by atoms with Gasteiger partial charge in [-0.3, -0.25) is 4.79 Å². The topological polar surface area (TPSA) is 58.8 Å². The molecule has 0 bridgehead atoms. The Hall–Kier alpha value is -0.0700. The molecule has 2 aliphatic heterocycles. The normalized spacial score (nSPS) is 24.5. The number of nitrogens with zero attached hydrogens (tertiary/aromatic N) is 2. The van der Waals surface area contributed by atoms with Crippen molar-refractivity contribution in [3.63, 3.8) is 0 Å². The summed E-state index contributed by atoms with van der Waals surface area (Å²) in [6, 6.07) is 0. The van der Waals surface area contributed by atoms with E-state index in [1.165, 1.54) is 25.9 Å². The number of rotatable bonds is 5. The number of carbonyl (C=O) groups is 1. The van der Waals surface area contributed by atoms with Gasteiger partial charge in [-0.1, -0.05) is 0 Å². The molecule has 3 aliphatic rings. The molecule has 0 aromatic rings. The van der Waals surface area contributed by atoms with Crippen LogP contribution in [0.5, 0.6) is 0 Å². The van der Waals surface area contributed by atoms with Crippen LogP contribution in [0.4, 0.5) is 0 Å². The van der Waals surface area contributed by atoms with Gasteiger partial charge < -0.3 is 20.3 Å². The van der Waals surface area contributed by atoms with Crippen LogP contribution in [0.2, 0.25) is 0 Å². The van der Waals surface area contributed by atoms with E-state index in [1.807, 2.05) is 4.90 Å². The lowest BCUT2D eigenvalue weighted by Gasteiger charge is -2.33. The van der Waals surface area contributed by atoms with E-state index >= 15 is 0 Å². The van der Waals surface area contributed by atoms with Gasteiger partial charge in [0.1, 0.15) is 0 Å². The first-order chi connectivity index (χ1) is 9.67. The van der Waals surface area contributed by atoms with E-state index in [0.29, 0.717) is 6.10 Å². The molecule has 22 heavy (non-hydrogen) atoms. The van der Waals surface area contributed by atoms with Crippen LogP contribution in [0.3, 0.4) is 0 Å². The Bertz CT molecular complexity index is 353. The first kappa shape index (κ1) is 20.0. The molecule has 0 unspecified atom stereocenters. The van der Waals surface area contributed by atoms with Gasteiger partial charge in [0.25, 0.3) is 0 Å². The first-order valence-electron chi connectivity index (χ1n) is 8.10. The highest BCUT2D eigenvalue weighted by Gasteiger charge is 2.48. The van der Waals surface area contributed by atoms with Crippen molar-refractivity contribution in [1.29, 1.82) is 0 Å². The van der Waals surface area contributed by atoms with E-state index in [4.69, 9.17) is 10.5 Å². The summed E-state index contributed by atoms with van der Waals surface area (Å²) in [4.78, 5) is 16.5. The summed E-state index contributed by atoms with van der Waals surface area (Å²) in [7, 11) is 0. The maximum absolute atomic E-state index is 12.1. The molecule has 130 valence electrons. The van der Waals surface area contributed by atoms with Crippen LogP contribution in [0.1, 0.15) is 38.5 Å². The van der Waals surface area contributed by atoms with Crippen LogP contribution in [0.15, 0.2) is 0 Å². The molecule has 5 nitrogen and oxygen atoms in total. The van der Waals surface area contributed by atoms with Gasteiger partial charge in [0.15, 0.2) is 0 Å². The van der Waals surface area contributed by atoms with Gasteiger partial charge in [0.2, 0.25) is 5.91 Å². The third-order valence-electron chi connectivity index (χ3n) is 4.90. The fourth-order valence-corrected chi connectivity index (χ4v) is 3.24. The SMILES string of the molecule is Cl.Cl.NC1(C(=O)N2CCC(OCCN3CCCC3)CC2)CC1. The maximum atomic E-state index is 12.1. The van der Waals surface area contributed by atoms with Gasteiger partial charge in [0.05, 0.1) is 18.2 Å². The Morgan fingerprint density at radius 2 is 1.68 bits per heavy atom. The molecular weight excluding hydrogens is 325 g/mol. The monoisotopic (exact) mass is 353 g/mol. The number of likely N-dealkylation sites (tertiary alicyclic amines) is 2. The summed E-state index contributed by atoms with van der Waals surface area (Å²) in [6.07, 6.45) is 6.64. The van der Waals surface area contributed by atoms with Gasteiger partial charge in [-0.05, 0) is 51.6 Å². The number of carbonyl (C=O) groups excluding carboxylic acids is 1. The molecule has 1 saturated carbocycles. The Balaban J connectivity index is 0.00000121. The average molecular weight is 354 g/mol. The van der Waals surface area contributed by atoms with Gasteiger partial charge in [-0.15, -0.1) is 24.8 Å². The number of hydrogen-bond donors (Lipinski definition) is 1. The van der Waals surface area contributed by atoms with Crippen molar-refractivity contribution >= 4 is 30.7 Å². The molecule has 3 fully saturated rings. The van der Waals surface area contributed by atoms with E-state index in [-0.39, 0.29) is 30.7 Å². The highest BCUT2D eigenvalue weighted by molar-refractivity contribution is 5.89. The standard InChI is InChI=1S/C15H27N3O2.2ClH/c16-15(5-6-15)14(19)18-9-3-13(4-10-18)20-12-11-17-7-1-2-8-17;;/h13H,1-12,16H2;2*1H. The van der Waals surface area contributed by atoms with E-state index in [1.54, 1.807) is 0 Å². The molecule has 0 atom stereocenters. The van der Waals surface area contributed by atoms with Crippen molar-refractivity contribution in [2.24, 2.45) is 5.73 Å². The molecule has 1 aliphatic carbocycles. The fourth-order valence-electron chi connectivity index (χ4n) is 3.24. The molecule has 0 spiro atoms. The minimum atomic E-state index is -0.510. The van der Waals surface area contributed by atoms with Crippen molar-refractivity contribution in [3.8, 4) is 0 Å². The summed E-state index contributed by atoms with van der Waals surface area (Å²) in [5, 5.41) is 0. The fraction of sp³-hybridized carbons (Fsp3) is 0.933. The Morgan fingerprint density at radius 3 is 2.23 bits per heavy atom. The molecule has 0 aromatic heterocycles.